The molecule has 29 heavy (non-hydrogen) atoms. The molecule has 0 fully saturated rings. The molecule has 2 N–H and O–H groups in total. The number of alkyl halides is 3. The lowest BCUT2D eigenvalue weighted by Crippen LogP contribution is -2.33. The summed E-state index contributed by atoms with van der Waals surface area (Å²) in [6, 6.07) is 6.39. The average molecular weight is 433 g/mol. The zero-order valence-corrected chi connectivity index (χ0v) is 16.1. The molecule has 6 nitrogen and oxygen atoms in total. The highest BCUT2D eigenvalue weighted by Crippen LogP contribution is 2.28. The normalized spacial score (nSPS) is 13.0. The maximum absolute atomic E-state index is 12.9. The van der Waals surface area contributed by atoms with Crippen molar-refractivity contribution in [3.8, 4) is 0 Å². The van der Waals surface area contributed by atoms with Gasteiger partial charge >= 0.3 is 6.18 Å². The highest BCUT2D eigenvalue weighted by Gasteiger charge is 2.30. The number of anilines is 1. The Hall–Kier alpha value is -2.69. The van der Waals surface area contributed by atoms with E-state index in [2.05, 4.69) is 15.6 Å². The molecule has 0 saturated heterocycles. The molecule has 1 atom stereocenters. The van der Waals surface area contributed by atoms with Gasteiger partial charge in [0, 0.05) is 25.7 Å². The van der Waals surface area contributed by atoms with Gasteiger partial charge in [0.05, 0.1) is 15.7 Å². The number of halogens is 4. The molecule has 158 valence electrons. The second kappa shape index (κ2) is 9.21. The molecule has 1 aromatic heterocycles. The minimum Gasteiger partial charge on any atom is -0.368 e. The van der Waals surface area contributed by atoms with Crippen molar-refractivity contribution in [2.75, 3.05) is 18.4 Å². The van der Waals surface area contributed by atoms with Crippen LogP contribution in [0, 0.1) is 5.82 Å². The van der Waals surface area contributed by atoms with Crippen LogP contribution in [0.15, 0.2) is 47.5 Å². The van der Waals surface area contributed by atoms with E-state index in [1.54, 1.807) is 0 Å². The average Bonchev–Trinajstić information content (AvgIpc) is 2.65. The Bertz CT molecular complexity index is 930. The zero-order chi connectivity index (χ0) is 21.7. The Balaban J connectivity index is 1.78. The molecule has 0 radical (unpaired) electrons. The van der Waals surface area contributed by atoms with Gasteiger partial charge in [-0.3, -0.25) is 4.79 Å². The fraction of sp³-hybridized carbons (Fsp3) is 0.333. The second-order valence-corrected chi connectivity index (χ2v) is 8.59. The van der Waals surface area contributed by atoms with E-state index in [9.17, 15) is 30.8 Å². The SMILES string of the molecule is CC(CC(=O)NCCNc1ccc(C(F)(F)F)cn1)S(=O)(=O)c1ccc(F)cc1. The van der Waals surface area contributed by atoms with Crippen LogP contribution in [0.4, 0.5) is 23.4 Å². The topological polar surface area (TPSA) is 88.2 Å². The van der Waals surface area contributed by atoms with Crippen molar-refractivity contribution in [2.24, 2.45) is 0 Å². The number of carbonyl (C=O) groups is 1. The maximum Gasteiger partial charge on any atom is 0.417 e. The van der Waals surface area contributed by atoms with Crippen LogP contribution in [-0.4, -0.2) is 37.6 Å². The van der Waals surface area contributed by atoms with Crippen LogP contribution >= 0.6 is 0 Å². The van der Waals surface area contributed by atoms with E-state index >= 15 is 0 Å². The smallest absolute Gasteiger partial charge is 0.368 e. The summed E-state index contributed by atoms with van der Waals surface area (Å²) in [6.45, 7) is 1.68. The first-order valence-electron chi connectivity index (χ1n) is 8.53. The Morgan fingerprint density at radius 3 is 2.31 bits per heavy atom. The van der Waals surface area contributed by atoms with Crippen molar-refractivity contribution in [1.29, 1.82) is 0 Å². The number of hydrogen-bond acceptors (Lipinski definition) is 5. The lowest BCUT2D eigenvalue weighted by atomic mass is 10.3. The third-order valence-electron chi connectivity index (χ3n) is 3.99. The summed E-state index contributed by atoms with van der Waals surface area (Å²) in [5.74, 6) is -0.866. The third kappa shape index (κ3) is 6.41. The standard InChI is InChI=1S/C18H19F4N3O3S/c1-12(29(27,28)15-5-3-14(19)4-6-15)10-17(26)24-9-8-23-16-7-2-13(11-25-16)18(20,21)22/h2-7,11-12H,8-10H2,1H3,(H,23,25)(H,24,26). The first kappa shape index (κ1) is 22.6. The van der Waals surface area contributed by atoms with Gasteiger partial charge < -0.3 is 10.6 Å². The monoisotopic (exact) mass is 433 g/mol. The van der Waals surface area contributed by atoms with E-state index < -0.39 is 38.6 Å². The number of nitrogens with one attached hydrogen (secondary N) is 2. The predicted molar refractivity (Wildman–Crippen MR) is 98.4 cm³/mol. The van der Waals surface area contributed by atoms with E-state index in [1.807, 2.05) is 0 Å². The Morgan fingerprint density at radius 1 is 1.10 bits per heavy atom. The van der Waals surface area contributed by atoms with Gasteiger partial charge in [-0.15, -0.1) is 0 Å². The molecule has 1 aromatic carbocycles. The molecule has 2 aromatic rings. The van der Waals surface area contributed by atoms with Crippen LogP contribution in [0.3, 0.4) is 0 Å². The molecule has 0 saturated carbocycles. The van der Waals surface area contributed by atoms with Crippen molar-refractivity contribution in [1.82, 2.24) is 10.3 Å². The van der Waals surface area contributed by atoms with Crippen LogP contribution in [0.2, 0.25) is 0 Å². The van der Waals surface area contributed by atoms with E-state index in [1.165, 1.54) is 13.0 Å². The quantitative estimate of drug-likeness (QED) is 0.380. The number of aromatic nitrogens is 1. The van der Waals surface area contributed by atoms with Gasteiger partial charge in [-0.2, -0.15) is 13.2 Å². The number of pyridine rings is 1. The summed E-state index contributed by atoms with van der Waals surface area (Å²) < 4.78 is 75.1. The number of benzene rings is 1. The highest BCUT2D eigenvalue weighted by atomic mass is 32.2. The number of nitrogens with zero attached hydrogens (tertiary/aromatic N) is 1. The first-order chi connectivity index (χ1) is 13.5. The molecular formula is C18H19F4N3O3S. The minimum absolute atomic E-state index is 0.0748. The van der Waals surface area contributed by atoms with Gasteiger partial charge in [-0.25, -0.2) is 17.8 Å². The summed E-state index contributed by atoms with van der Waals surface area (Å²) in [6.07, 6.45) is -4.06. The molecule has 0 aliphatic heterocycles. The number of hydrogen-bond donors (Lipinski definition) is 2. The van der Waals surface area contributed by atoms with Gasteiger partial charge in [-0.05, 0) is 43.3 Å². The van der Waals surface area contributed by atoms with E-state index in [-0.39, 0.29) is 30.2 Å². The summed E-state index contributed by atoms with van der Waals surface area (Å²) in [5, 5.41) is 4.25. The van der Waals surface area contributed by atoms with Gasteiger partial charge in [-0.1, -0.05) is 0 Å². The zero-order valence-electron chi connectivity index (χ0n) is 15.3. The minimum atomic E-state index is -4.47. The third-order valence-corrected chi connectivity index (χ3v) is 6.14. The van der Waals surface area contributed by atoms with Crippen LogP contribution in [0.5, 0.6) is 0 Å². The van der Waals surface area contributed by atoms with Crippen molar-refractivity contribution < 1.29 is 30.8 Å². The number of amides is 1. The number of sulfone groups is 1. The van der Waals surface area contributed by atoms with Gasteiger partial charge in [0.25, 0.3) is 0 Å². The molecule has 0 aliphatic rings. The summed E-state index contributed by atoms with van der Waals surface area (Å²) in [7, 11) is -3.79. The molecule has 0 aliphatic carbocycles. The van der Waals surface area contributed by atoms with Crippen molar-refractivity contribution in [2.45, 2.75) is 29.7 Å². The largest absolute Gasteiger partial charge is 0.417 e. The summed E-state index contributed by atoms with van der Waals surface area (Å²) in [4.78, 5) is 15.5. The summed E-state index contributed by atoms with van der Waals surface area (Å²) >= 11 is 0. The van der Waals surface area contributed by atoms with Crippen LogP contribution in [-0.2, 0) is 20.8 Å². The van der Waals surface area contributed by atoms with E-state index in [0.29, 0.717) is 6.20 Å². The fourth-order valence-corrected chi connectivity index (χ4v) is 3.71. The van der Waals surface area contributed by atoms with Crippen molar-refractivity contribution in [3.63, 3.8) is 0 Å². The molecule has 1 amide bonds. The van der Waals surface area contributed by atoms with Crippen molar-refractivity contribution >= 4 is 21.6 Å². The molecule has 0 bridgehead atoms. The Kier molecular flexibility index (Phi) is 7.17. The lowest BCUT2D eigenvalue weighted by molar-refractivity contribution is -0.137. The van der Waals surface area contributed by atoms with Crippen LogP contribution < -0.4 is 10.6 Å². The van der Waals surface area contributed by atoms with E-state index in [4.69, 9.17) is 0 Å². The number of rotatable bonds is 8. The molecule has 0 spiro atoms. The number of carbonyl (C=O) groups excluding carboxylic acids is 1. The Morgan fingerprint density at radius 2 is 1.76 bits per heavy atom. The molecule has 11 heteroatoms. The molecule has 1 heterocycles. The maximum atomic E-state index is 12.9. The van der Waals surface area contributed by atoms with E-state index in [0.717, 1.165) is 30.3 Å². The van der Waals surface area contributed by atoms with Crippen LogP contribution in [0.1, 0.15) is 18.9 Å². The van der Waals surface area contributed by atoms with Crippen molar-refractivity contribution in [3.05, 3.63) is 54.0 Å². The highest BCUT2D eigenvalue weighted by molar-refractivity contribution is 7.92. The predicted octanol–water partition coefficient (Wildman–Crippen LogP) is 3.02. The van der Waals surface area contributed by atoms with Gasteiger partial charge in [0.2, 0.25) is 5.91 Å². The molecule has 1 unspecified atom stereocenters. The van der Waals surface area contributed by atoms with Gasteiger partial charge in [0.1, 0.15) is 11.6 Å². The molecular weight excluding hydrogens is 414 g/mol. The van der Waals surface area contributed by atoms with Gasteiger partial charge in [0.15, 0.2) is 9.84 Å². The molecule has 2 rings (SSSR count). The lowest BCUT2D eigenvalue weighted by Gasteiger charge is -2.13. The Labute approximate surface area is 165 Å². The first-order valence-corrected chi connectivity index (χ1v) is 10.1. The fourth-order valence-electron chi connectivity index (χ4n) is 2.36. The second-order valence-electron chi connectivity index (χ2n) is 6.22. The summed E-state index contributed by atoms with van der Waals surface area (Å²) in [5.41, 5.74) is -0.868. The van der Waals surface area contributed by atoms with Crippen LogP contribution in [0.25, 0.3) is 0 Å².